The van der Waals surface area contributed by atoms with Crippen LogP contribution in [0.3, 0.4) is 0 Å². The molecule has 7 heteroatoms. The highest BCUT2D eigenvalue weighted by atomic mass is 16.5. The Hall–Kier alpha value is -3.09. The highest BCUT2D eigenvalue weighted by molar-refractivity contribution is 6.04. The highest BCUT2D eigenvalue weighted by Crippen LogP contribution is 2.20. The van der Waals surface area contributed by atoms with Gasteiger partial charge in [-0.3, -0.25) is 4.79 Å². The second kappa shape index (κ2) is 7.65. The van der Waals surface area contributed by atoms with Gasteiger partial charge in [0.25, 0.3) is 0 Å². The van der Waals surface area contributed by atoms with Gasteiger partial charge in [0.05, 0.1) is 6.61 Å². The Balaban J connectivity index is 2.13. The van der Waals surface area contributed by atoms with Crippen LogP contribution in [0, 0.1) is 13.8 Å². The van der Waals surface area contributed by atoms with Gasteiger partial charge >= 0.3 is 11.9 Å². The number of rotatable bonds is 6. The maximum atomic E-state index is 12.4. The molecule has 0 aliphatic rings. The number of hydrogen-bond acceptors (Lipinski definition) is 6. The van der Waals surface area contributed by atoms with Gasteiger partial charge in [-0.15, -0.1) is 0 Å². The van der Waals surface area contributed by atoms with Crippen LogP contribution in [0.5, 0.6) is 5.75 Å². The molecule has 0 amide bonds. The Morgan fingerprint density at radius 1 is 1.08 bits per heavy atom. The van der Waals surface area contributed by atoms with Crippen LogP contribution in [0.4, 0.5) is 0 Å². The summed E-state index contributed by atoms with van der Waals surface area (Å²) in [6, 6.07) is 5.89. The second-order valence-corrected chi connectivity index (χ2v) is 5.36. The summed E-state index contributed by atoms with van der Waals surface area (Å²) in [7, 11) is 0. The number of hydrogen-bond donors (Lipinski definition) is 2. The Kier molecular flexibility index (Phi) is 5.59. The fraction of sp³-hybridized carbons (Fsp3) is 0.278. The minimum absolute atomic E-state index is 0.0231. The molecule has 0 atom stereocenters. The van der Waals surface area contributed by atoms with E-state index in [2.05, 4.69) is 4.98 Å². The summed E-state index contributed by atoms with van der Waals surface area (Å²) in [6.07, 6.45) is 0. The van der Waals surface area contributed by atoms with E-state index < -0.39 is 24.3 Å². The van der Waals surface area contributed by atoms with Gasteiger partial charge < -0.3 is 19.6 Å². The lowest BCUT2D eigenvalue weighted by Gasteiger charge is -2.06. The lowest BCUT2D eigenvalue weighted by Crippen LogP contribution is -2.15. The normalized spacial score (nSPS) is 10.4. The van der Waals surface area contributed by atoms with Gasteiger partial charge in [-0.05, 0) is 38.5 Å². The van der Waals surface area contributed by atoms with Crippen LogP contribution in [-0.4, -0.2) is 41.0 Å². The van der Waals surface area contributed by atoms with E-state index in [1.165, 1.54) is 12.1 Å². The van der Waals surface area contributed by atoms with Crippen molar-refractivity contribution in [3.63, 3.8) is 0 Å². The molecule has 0 bridgehead atoms. The number of ether oxygens (including phenoxy) is 2. The van der Waals surface area contributed by atoms with Gasteiger partial charge in [-0.2, -0.15) is 0 Å². The van der Waals surface area contributed by atoms with Crippen LogP contribution in [0.1, 0.15) is 49.4 Å². The van der Waals surface area contributed by atoms with Crippen LogP contribution < -0.4 is 0 Å². The monoisotopic (exact) mass is 345 g/mol. The molecule has 1 aromatic carbocycles. The number of carbonyl (C=O) groups is 3. The van der Waals surface area contributed by atoms with Gasteiger partial charge in [-0.25, -0.2) is 9.59 Å². The van der Waals surface area contributed by atoms with E-state index >= 15 is 0 Å². The number of ketones is 1. The van der Waals surface area contributed by atoms with Crippen molar-refractivity contribution in [3.8, 4) is 5.75 Å². The molecule has 0 saturated heterocycles. The van der Waals surface area contributed by atoms with E-state index in [0.717, 1.165) is 0 Å². The first kappa shape index (κ1) is 18.3. The number of phenolic OH excluding ortho intramolecular Hbond substituents is 1. The Morgan fingerprint density at radius 2 is 1.76 bits per heavy atom. The van der Waals surface area contributed by atoms with Gasteiger partial charge in [0.1, 0.15) is 17.0 Å². The quantitative estimate of drug-likeness (QED) is 0.616. The molecule has 132 valence electrons. The molecule has 0 aliphatic heterocycles. The molecule has 1 heterocycles. The van der Waals surface area contributed by atoms with Crippen molar-refractivity contribution in [2.45, 2.75) is 20.8 Å². The van der Waals surface area contributed by atoms with E-state index in [9.17, 15) is 19.5 Å². The molecule has 2 N–H and O–H groups in total. The first-order chi connectivity index (χ1) is 11.9. The first-order valence-corrected chi connectivity index (χ1v) is 7.71. The summed E-state index contributed by atoms with van der Waals surface area (Å²) >= 11 is 0. The molecule has 0 fully saturated rings. The van der Waals surface area contributed by atoms with E-state index in [-0.39, 0.29) is 29.2 Å². The summed E-state index contributed by atoms with van der Waals surface area (Å²) in [5.74, 6) is -2.03. The van der Waals surface area contributed by atoms with Crippen LogP contribution in [0.2, 0.25) is 0 Å². The third-order valence-corrected chi connectivity index (χ3v) is 3.65. The zero-order valence-electron chi connectivity index (χ0n) is 14.2. The molecule has 25 heavy (non-hydrogen) atoms. The SMILES string of the molecule is CCOC(=O)c1[nH]c(C)c(C(=O)COC(=O)c2ccccc2O)c1C. The number of nitrogens with one attached hydrogen (secondary N) is 1. The molecule has 0 unspecified atom stereocenters. The number of aromatic amines is 1. The second-order valence-electron chi connectivity index (χ2n) is 5.36. The maximum Gasteiger partial charge on any atom is 0.355 e. The minimum Gasteiger partial charge on any atom is -0.507 e. The maximum absolute atomic E-state index is 12.4. The average molecular weight is 345 g/mol. The third kappa shape index (κ3) is 3.88. The zero-order chi connectivity index (χ0) is 18.6. The Bertz CT molecular complexity index is 821. The summed E-state index contributed by atoms with van der Waals surface area (Å²) in [4.78, 5) is 39.0. The Labute approximate surface area is 144 Å². The van der Waals surface area contributed by atoms with Crippen LogP contribution in [-0.2, 0) is 9.47 Å². The number of aromatic hydroxyl groups is 1. The van der Waals surface area contributed by atoms with Crippen molar-refractivity contribution in [3.05, 3.63) is 52.3 Å². The van der Waals surface area contributed by atoms with Gasteiger partial charge in [0.15, 0.2) is 6.61 Å². The van der Waals surface area contributed by atoms with Crippen molar-refractivity contribution in [2.24, 2.45) is 0 Å². The van der Waals surface area contributed by atoms with Crippen LogP contribution in [0.15, 0.2) is 24.3 Å². The van der Waals surface area contributed by atoms with Crippen molar-refractivity contribution >= 4 is 17.7 Å². The van der Waals surface area contributed by atoms with Crippen molar-refractivity contribution in [2.75, 3.05) is 13.2 Å². The van der Waals surface area contributed by atoms with Gasteiger partial charge in [-0.1, -0.05) is 12.1 Å². The summed E-state index contributed by atoms with van der Waals surface area (Å²) in [5, 5.41) is 9.62. The molecule has 0 aliphatic carbocycles. The average Bonchev–Trinajstić information content (AvgIpc) is 2.87. The molecule has 0 saturated carbocycles. The molecule has 1 aromatic heterocycles. The number of para-hydroxylation sites is 1. The van der Waals surface area contributed by atoms with E-state index in [0.29, 0.717) is 11.3 Å². The smallest absolute Gasteiger partial charge is 0.355 e. The molecular formula is C18H19NO6. The van der Waals surface area contributed by atoms with E-state index in [1.54, 1.807) is 32.9 Å². The number of H-pyrrole nitrogens is 1. The van der Waals surface area contributed by atoms with Gasteiger partial charge in [0.2, 0.25) is 5.78 Å². The lowest BCUT2D eigenvalue weighted by atomic mass is 10.1. The number of Topliss-reactive ketones (excluding diaryl/α,β-unsaturated/α-hetero) is 1. The van der Waals surface area contributed by atoms with Gasteiger partial charge in [0, 0.05) is 11.3 Å². The topological polar surface area (TPSA) is 106 Å². The van der Waals surface area contributed by atoms with Crippen molar-refractivity contribution in [1.82, 2.24) is 4.98 Å². The number of aryl methyl sites for hydroxylation is 1. The lowest BCUT2D eigenvalue weighted by molar-refractivity contribution is 0.0470. The van der Waals surface area contributed by atoms with Crippen molar-refractivity contribution < 1.29 is 29.0 Å². The summed E-state index contributed by atoms with van der Waals surface area (Å²) in [5.41, 5.74) is 1.40. The van der Waals surface area contributed by atoms with Crippen LogP contribution >= 0.6 is 0 Å². The largest absolute Gasteiger partial charge is 0.507 e. The Morgan fingerprint density at radius 3 is 2.40 bits per heavy atom. The molecule has 2 aromatic rings. The van der Waals surface area contributed by atoms with E-state index in [4.69, 9.17) is 9.47 Å². The predicted octanol–water partition coefficient (Wildman–Crippen LogP) is 2.55. The molecule has 0 spiro atoms. The molecule has 2 rings (SSSR count). The zero-order valence-corrected chi connectivity index (χ0v) is 14.2. The standard InChI is InChI=1S/C18H19NO6/c1-4-24-18(23)16-10(2)15(11(3)19-16)14(21)9-25-17(22)12-7-5-6-8-13(12)20/h5-8,19-20H,4,9H2,1-3H3. The minimum atomic E-state index is -0.803. The molecule has 7 nitrogen and oxygen atoms in total. The van der Waals surface area contributed by atoms with Crippen molar-refractivity contribution in [1.29, 1.82) is 0 Å². The highest BCUT2D eigenvalue weighted by Gasteiger charge is 2.24. The number of carbonyl (C=O) groups excluding carboxylic acids is 3. The fourth-order valence-corrected chi connectivity index (χ4v) is 2.50. The number of esters is 2. The predicted molar refractivity (Wildman–Crippen MR) is 88.9 cm³/mol. The van der Waals surface area contributed by atoms with E-state index in [1.807, 2.05) is 0 Å². The fourth-order valence-electron chi connectivity index (χ4n) is 2.50. The summed E-state index contributed by atoms with van der Waals surface area (Å²) in [6.45, 7) is 4.67. The number of phenols is 1. The van der Waals surface area contributed by atoms with Crippen LogP contribution in [0.25, 0.3) is 0 Å². The molecule has 0 radical (unpaired) electrons. The summed E-state index contributed by atoms with van der Waals surface area (Å²) < 4.78 is 9.91. The first-order valence-electron chi connectivity index (χ1n) is 7.71. The third-order valence-electron chi connectivity index (χ3n) is 3.65. The number of benzene rings is 1. The molecular weight excluding hydrogens is 326 g/mol. The number of aromatic nitrogens is 1.